The summed E-state index contributed by atoms with van der Waals surface area (Å²) in [6.07, 6.45) is 2.25. The molecular formula is C23H25FN4O2S. The van der Waals surface area contributed by atoms with Crippen LogP contribution in [0.15, 0.2) is 47.5 Å². The number of nitrogens with zero attached hydrogens (tertiary/aromatic N) is 2. The molecule has 3 heterocycles. The molecule has 8 heteroatoms. The Kier molecular flexibility index (Phi) is 5.37. The van der Waals surface area contributed by atoms with Crippen molar-refractivity contribution in [2.75, 3.05) is 32.7 Å². The van der Waals surface area contributed by atoms with E-state index in [1.807, 2.05) is 34.5 Å². The molecule has 1 saturated heterocycles. The van der Waals surface area contributed by atoms with Gasteiger partial charge in [0.1, 0.15) is 16.8 Å². The Morgan fingerprint density at radius 2 is 2.00 bits per heavy atom. The fourth-order valence-corrected chi connectivity index (χ4v) is 6.04. The molecule has 0 radical (unpaired) electrons. The highest BCUT2D eigenvalue weighted by Crippen LogP contribution is 2.40. The Hall–Kier alpha value is -2.55. The van der Waals surface area contributed by atoms with Crippen molar-refractivity contribution in [2.24, 2.45) is 0 Å². The lowest BCUT2D eigenvalue weighted by Gasteiger charge is -2.28. The number of aromatic amines is 1. The summed E-state index contributed by atoms with van der Waals surface area (Å²) in [6.45, 7) is 5.62. The second-order valence-electron chi connectivity index (χ2n) is 8.09. The van der Waals surface area contributed by atoms with Gasteiger partial charge in [0.2, 0.25) is 5.91 Å². The maximum atomic E-state index is 13.5. The average molecular weight is 441 g/mol. The number of carbonyl (C=O) groups excluding carboxylic acids is 1. The fraction of sp³-hybridized carbons (Fsp3) is 0.348. The van der Waals surface area contributed by atoms with E-state index in [4.69, 9.17) is 0 Å². The van der Waals surface area contributed by atoms with Crippen molar-refractivity contribution in [3.63, 3.8) is 0 Å². The lowest BCUT2D eigenvalue weighted by atomic mass is 9.99. The van der Waals surface area contributed by atoms with Crippen LogP contribution in [0, 0.1) is 5.82 Å². The molecule has 1 fully saturated rings. The maximum absolute atomic E-state index is 13.5. The second kappa shape index (κ2) is 8.18. The third-order valence-corrected chi connectivity index (χ3v) is 7.94. The highest BCUT2D eigenvalue weighted by Gasteiger charge is 2.34. The number of nitrogens with one attached hydrogen (secondary N) is 2. The summed E-state index contributed by atoms with van der Waals surface area (Å²) < 4.78 is 28.5. The smallest absolute Gasteiger partial charge is 0.223 e. The van der Waals surface area contributed by atoms with Gasteiger partial charge >= 0.3 is 0 Å². The zero-order chi connectivity index (χ0) is 21.5. The van der Waals surface area contributed by atoms with Crippen molar-refractivity contribution >= 4 is 27.8 Å². The zero-order valence-corrected chi connectivity index (χ0v) is 18.2. The molecule has 5 rings (SSSR count). The molecular weight excluding hydrogens is 415 g/mol. The van der Waals surface area contributed by atoms with Crippen molar-refractivity contribution in [1.82, 2.24) is 19.5 Å². The summed E-state index contributed by atoms with van der Waals surface area (Å²) >= 11 is 0. The summed E-state index contributed by atoms with van der Waals surface area (Å²) in [6, 6.07) is 10.6. The Morgan fingerprint density at radius 3 is 2.81 bits per heavy atom. The monoisotopic (exact) mass is 440 g/mol. The van der Waals surface area contributed by atoms with E-state index in [9.17, 15) is 13.4 Å². The van der Waals surface area contributed by atoms with Crippen LogP contribution >= 0.6 is 0 Å². The normalized spacial score (nSPS) is 21.5. The van der Waals surface area contributed by atoms with Gasteiger partial charge in [-0.25, -0.2) is 12.9 Å². The molecule has 1 amide bonds. The van der Waals surface area contributed by atoms with Crippen molar-refractivity contribution in [2.45, 2.75) is 24.3 Å². The second-order valence-corrected chi connectivity index (χ2v) is 9.50. The Morgan fingerprint density at radius 1 is 1.19 bits per heavy atom. The van der Waals surface area contributed by atoms with Gasteiger partial charge in [0.25, 0.3) is 0 Å². The van der Waals surface area contributed by atoms with Gasteiger partial charge in [-0.1, -0.05) is 6.07 Å². The van der Waals surface area contributed by atoms with Gasteiger partial charge in [0.05, 0.1) is 4.90 Å². The third kappa shape index (κ3) is 3.69. The summed E-state index contributed by atoms with van der Waals surface area (Å²) in [5.74, 6) is -0.154. The summed E-state index contributed by atoms with van der Waals surface area (Å²) in [5, 5.41) is 4.20. The van der Waals surface area contributed by atoms with Gasteiger partial charge in [0, 0.05) is 67.8 Å². The molecule has 0 aliphatic carbocycles. The number of carbonyl (C=O) groups is 1. The maximum Gasteiger partial charge on any atom is 0.223 e. The lowest BCUT2D eigenvalue weighted by molar-refractivity contribution is -0.131. The van der Waals surface area contributed by atoms with Crippen LogP contribution in [0.3, 0.4) is 0 Å². The predicted molar refractivity (Wildman–Crippen MR) is 119 cm³/mol. The lowest BCUT2D eigenvalue weighted by Crippen LogP contribution is -2.47. The van der Waals surface area contributed by atoms with Crippen LogP contribution in [0.5, 0.6) is 0 Å². The number of benzene rings is 2. The van der Waals surface area contributed by atoms with E-state index in [0.717, 1.165) is 58.7 Å². The third-order valence-electron chi connectivity index (χ3n) is 6.26. The van der Waals surface area contributed by atoms with Gasteiger partial charge in [-0.05, 0) is 48.4 Å². The molecule has 162 valence electrons. The van der Waals surface area contributed by atoms with E-state index < -0.39 is 11.0 Å². The summed E-state index contributed by atoms with van der Waals surface area (Å²) in [4.78, 5) is 18.4. The van der Waals surface area contributed by atoms with Crippen LogP contribution in [0.25, 0.3) is 22.0 Å². The van der Waals surface area contributed by atoms with Crippen LogP contribution in [-0.4, -0.2) is 57.0 Å². The van der Waals surface area contributed by atoms with Gasteiger partial charge in [0.15, 0.2) is 0 Å². The first kappa shape index (κ1) is 20.4. The summed E-state index contributed by atoms with van der Waals surface area (Å²) in [7, 11) is -1.28. The number of piperazine rings is 1. The predicted octanol–water partition coefficient (Wildman–Crippen LogP) is 3.20. The van der Waals surface area contributed by atoms with E-state index >= 15 is 0 Å². The summed E-state index contributed by atoms with van der Waals surface area (Å²) in [5.41, 5.74) is 3.75. The Labute approximate surface area is 183 Å². The van der Waals surface area contributed by atoms with Crippen LogP contribution < -0.4 is 5.32 Å². The molecule has 6 nitrogen and oxygen atoms in total. The van der Waals surface area contributed by atoms with Crippen LogP contribution in [0.2, 0.25) is 0 Å². The number of halogens is 1. The Bertz CT molecular complexity index is 1170. The number of aromatic nitrogens is 1. The molecule has 2 unspecified atom stereocenters. The van der Waals surface area contributed by atoms with Gasteiger partial charge < -0.3 is 15.2 Å². The molecule has 3 aromatic rings. The van der Waals surface area contributed by atoms with Gasteiger partial charge in [-0.2, -0.15) is 0 Å². The van der Waals surface area contributed by atoms with Gasteiger partial charge in [-0.15, -0.1) is 0 Å². The van der Waals surface area contributed by atoms with Crippen LogP contribution in [-0.2, 0) is 15.8 Å². The van der Waals surface area contributed by atoms with E-state index in [0.29, 0.717) is 13.0 Å². The molecule has 0 spiro atoms. The highest BCUT2D eigenvalue weighted by atomic mass is 32.2. The number of amides is 1. The molecule has 1 aromatic heterocycles. The fourth-order valence-electron chi connectivity index (χ4n) is 4.52. The number of fused-ring (bicyclic) bond motifs is 2. The minimum Gasteiger partial charge on any atom is -0.360 e. The highest BCUT2D eigenvalue weighted by molar-refractivity contribution is 7.83. The number of rotatable bonds is 4. The van der Waals surface area contributed by atoms with Crippen molar-refractivity contribution in [1.29, 1.82) is 0 Å². The quantitative estimate of drug-likeness (QED) is 0.655. The standard InChI is InChI=1S/C23H25FN4O2S/c1-15-19-12-16(20-14-26-21-13-17(24)3-4-18(20)21)2-5-22(19)31(30)28(15)9-6-23(29)27-10-7-25-8-11-27/h2-5,12-15,25-26H,6-11H2,1H3. The topological polar surface area (TPSA) is 68.4 Å². The first-order chi connectivity index (χ1) is 15.0. The molecule has 31 heavy (non-hydrogen) atoms. The first-order valence-corrected chi connectivity index (χ1v) is 11.7. The molecule has 2 aromatic carbocycles. The zero-order valence-electron chi connectivity index (χ0n) is 17.4. The number of hydrogen-bond acceptors (Lipinski definition) is 3. The number of hydrogen-bond donors (Lipinski definition) is 2. The molecule has 2 aliphatic heterocycles. The largest absolute Gasteiger partial charge is 0.360 e. The first-order valence-electron chi connectivity index (χ1n) is 10.6. The van der Waals surface area contributed by atoms with Crippen molar-refractivity contribution in [3.05, 3.63) is 54.0 Å². The molecule has 2 aliphatic rings. The SMILES string of the molecule is CC1c2cc(-c3c[nH]c4cc(F)ccc34)ccc2S(=O)N1CCC(=O)N1CCNCC1. The van der Waals surface area contributed by atoms with Crippen molar-refractivity contribution in [3.8, 4) is 11.1 Å². The number of H-pyrrole nitrogens is 1. The molecule has 2 N–H and O–H groups in total. The molecule has 2 atom stereocenters. The minimum absolute atomic E-state index is 0.0470. The van der Waals surface area contributed by atoms with E-state index in [1.54, 1.807) is 6.07 Å². The molecule has 0 saturated carbocycles. The molecule has 0 bridgehead atoms. The van der Waals surface area contributed by atoms with E-state index in [1.165, 1.54) is 12.1 Å². The van der Waals surface area contributed by atoms with Crippen LogP contribution in [0.4, 0.5) is 4.39 Å². The Balaban J connectivity index is 1.36. The van der Waals surface area contributed by atoms with Gasteiger partial charge in [-0.3, -0.25) is 4.79 Å². The van der Waals surface area contributed by atoms with Crippen molar-refractivity contribution < 1.29 is 13.4 Å². The minimum atomic E-state index is -1.28. The van der Waals surface area contributed by atoms with E-state index in [-0.39, 0.29) is 17.8 Å². The van der Waals surface area contributed by atoms with E-state index in [2.05, 4.69) is 16.4 Å². The van der Waals surface area contributed by atoms with Crippen LogP contribution in [0.1, 0.15) is 24.9 Å². The average Bonchev–Trinajstić information content (AvgIpc) is 3.31.